The molecule has 4 rings (SSSR count). The Hall–Kier alpha value is -4.20. The Balaban J connectivity index is 1.45. The Kier molecular flexibility index (Phi) is 6.64. The summed E-state index contributed by atoms with van der Waals surface area (Å²) in [6.45, 7) is 0.567. The maximum atomic E-state index is 12.7. The lowest BCUT2D eigenvalue weighted by Crippen LogP contribution is -2.41. The highest BCUT2D eigenvalue weighted by atomic mass is 16.5. The van der Waals surface area contributed by atoms with Gasteiger partial charge in [-0.05, 0) is 60.7 Å². The van der Waals surface area contributed by atoms with Crippen molar-refractivity contribution in [2.24, 2.45) is 0 Å². The highest BCUT2D eigenvalue weighted by molar-refractivity contribution is 6.05. The molecule has 2 amide bonds. The van der Waals surface area contributed by atoms with Crippen molar-refractivity contribution in [3.05, 3.63) is 72.3 Å². The molecule has 0 unspecified atom stereocenters. The van der Waals surface area contributed by atoms with E-state index in [1.165, 1.54) is 0 Å². The highest BCUT2D eigenvalue weighted by Crippen LogP contribution is 2.34. The largest absolute Gasteiger partial charge is 0.497 e. The Labute approximate surface area is 191 Å². The van der Waals surface area contributed by atoms with Crippen molar-refractivity contribution in [1.29, 1.82) is 0 Å². The molecule has 3 aromatic rings. The summed E-state index contributed by atoms with van der Waals surface area (Å²) in [5.74, 6) is 2.11. The SMILES string of the molecule is COc1ccc(OCCN2C(=O)COc3ccc(NC(=O)c4cccc(OC)c4)cc32)cc1. The average molecular weight is 448 g/mol. The standard InChI is InChI=1S/C25H24N2O6/c1-30-19-7-9-20(10-8-19)32-13-12-27-22-15-18(6-11-23(22)33-16-24(27)28)26-25(29)17-4-3-5-21(14-17)31-2/h3-11,14-15H,12-13,16H2,1-2H3,(H,26,29). The smallest absolute Gasteiger partial charge is 0.265 e. The fraction of sp³-hybridized carbons (Fsp3) is 0.200. The fourth-order valence-electron chi connectivity index (χ4n) is 3.42. The van der Waals surface area contributed by atoms with Gasteiger partial charge >= 0.3 is 0 Å². The molecular formula is C25H24N2O6. The van der Waals surface area contributed by atoms with Gasteiger partial charge in [0.1, 0.15) is 29.6 Å². The maximum absolute atomic E-state index is 12.7. The van der Waals surface area contributed by atoms with Crippen molar-refractivity contribution in [3.8, 4) is 23.0 Å². The van der Waals surface area contributed by atoms with E-state index in [9.17, 15) is 9.59 Å². The van der Waals surface area contributed by atoms with E-state index in [2.05, 4.69) is 5.32 Å². The summed E-state index contributed by atoms with van der Waals surface area (Å²) in [4.78, 5) is 26.8. The number of anilines is 2. The van der Waals surface area contributed by atoms with Gasteiger partial charge in [0.25, 0.3) is 11.8 Å². The van der Waals surface area contributed by atoms with E-state index in [0.29, 0.717) is 40.7 Å². The minimum atomic E-state index is -0.286. The van der Waals surface area contributed by atoms with Gasteiger partial charge in [-0.25, -0.2) is 0 Å². The number of amides is 2. The second kappa shape index (κ2) is 9.95. The third-order valence-corrected chi connectivity index (χ3v) is 5.13. The number of nitrogens with zero attached hydrogens (tertiary/aromatic N) is 1. The number of fused-ring (bicyclic) bond motifs is 1. The predicted molar refractivity (Wildman–Crippen MR) is 124 cm³/mol. The molecule has 0 aromatic heterocycles. The Morgan fingerprint density at radius 3 is 2.48 bits per heavy atom. The Morgan fingerprint density at radius 1 is 0.970 bits per heavy atom. The maximum Gasteiger partial charge on any atom is 0.265 e. The summed E-state index contributed by atoms with van der Waals surface area (Å²) in [5, 5.41) is 2.86. The van der Waals surface area contributed by atoms with Crippen LogP contribution in [0.2, 0.25) is 0 Å². The monoisotopic (exact) mass is 448 g/mol. The van der Waals surface area contributed by atoms with Crippen LogP contribution in [0.5, 0.6) is 23.0 Å². The molecule has 170 valence electrons. The van der Waals surface area contributed by atoms with Crippen LogP contribution in [-0.2, 0) is 4.79 Å². The normalized spacial score (nSPS) is 12.4. The number of benzene rings is 3. The first-order valence-corrected chi connectivity index (χ1v) is 10.4. The zero-order valence-electron chi connectivity index (χ0n) is 18.4. The molecule has 33 heavy (non-hydrogen) atoms. The van der Waals surface area contributed by atoms with Gasteiger partial charge in [-0.3, -0.25) is 9.59 Å². The molecule has 8 nitrogen and oxygen atoms in total. The van der Waals surface area contributed by atoms with E-state index >= 15 is 0 Å². The van der Waals surface area contributed by atoms with Gasteiger partial charge in [-0.2, -0.15) is 0 Å². The Morgan fingerprint density at radius 2 is 1.73 bits per heavy atom. The molecule has 0 spiro atoms. The minimum Gasteiger partial charge on any atom is -0.497 e. The summed E-state index contributed by atoms with van der Waals surface area (Å²) in [5.41, 5.74) is 1.58. The number of ether oxygens (including phenoxy) is 4. The molecule has 0 saturated heterocycles. The number of rotatable bonds is 8. The van der Waals surface area contributed by atoms with Crippen molar-refractivity contribution in [2.75, 3.05) is 44.2 Å². The summed E-state index contributed by atoms with van der Waals surface area (Å²) in [7, 11) is 3.15. The molecule has 1 aliphatic rings. The molecule has 0 bridgehead atoms. The van der Waals surface area contributed by atoms with Gasteiger partial charge in [0, 0.05) is 11.3 Å². The van der Waals surface area contributed by atoms with Gasteiger partial charge in [0.15, 0.2) is 6.61 Å². The first-order chi connectivity index (χ1) is 16.1. The van der Waals surface area contributed by atoms with Crippen molar-refractivity contribution in [2.45, 2.75) is 0 Å². The number of nitrogens with one attached hydrogen (secondary N) is 1. The summed E-state index contributed by atoms with van der Waals surface area (Å²) >= 11 is 0. The van der Waals surface area contributed by atoms with Gasteiger partial charge in [-0.15, -0.1) is 0 Å². The number of hydrogen-bond acceptors (Lipinski definition) is 6. The summed E-state index contributed by atoms with van der Waals surface area (Å²) in [6.07, 6.45) is 0. The molecule has 8 heteroatoms. The van der Waals surface area contributed by atoms with Crippen LogP contribution in [0.3, 0.4) is 0 Å². The number of hydrogen-bond donors (Lipinski definition) is 1. The zero-order valence-corrected chi connectivity index (χ0v) is 18.4. The molecule has 0 radical (unpaired) electrons. The van der Waals surface area contributed by atoms with E-state index in [1.54, 1.807) is 73.7 Å². The average Bonchev–Trinajstić information content (AvgIpc) is 2.85. The lowest BCUT2D eigenvalue weighted by Gasteiger charge is -2.29. The fourth-order valence-corrected chi connectivity index (χ4v) is 3.42. The zero-order chi connectivity index (χ0) is 23.2. The topological polar surface area (TPSA) is 86.3 Å². The lowest BCUT2D eigenvalue weighted by atomic mass is 10.1. The van der Waals surface area contributed by atoms with Gasteiger partial charge < -0.3 is 29.2 Å². The van der Waals surface area contributed by atoms with Crippen molar-refractivity contribution < 1.29 is 28.5 Å². The van der Waals surface area contributed by atoms with Gasteiger partial charge in [0.05, 0.1) is 26.5 Å². The molecule has 1 N–H and O–H groups in total. The number of methoxy groups -OCH3 is 2. The molecule has 0 fully saturated rings. The molecule has 1 heterocycles. The van der Waals surface area contributed by atoms with Crippen LogP contribution in [0.25, 0.3) is 0 Å². The predicted octanol–water partition coefficient (Wildman–Crippen LogP) is 3.76. The molecular weight excluding hydrogens is 424 g/mol. The molecule has 0 saturated carbocycles. The van der Waals surface area contributed by atoms with Crippen molar-refractivity contribution in [3.63, 3.8) is 0 Å². The summed E-state index contributed by atoms with van der Waals surface area (Å²) < 4.78 is 21.6. The van der Waals surface area contributed by atoms with Crippen LogP contribution in [0.1, 0.15) is 10.4 Å². The van der Waals surface area contributed by atoms with E-state index in [1.807, 2.05) is 12.1 Å². The lowest BCUT2D eigenvalue weighted by molar-refractivity contribution is -0.121. The molecule has 3 aromatic carbocycles. The first-order valence-electron chi connectivity index (χ1n) is 10.4. The minimum absolute atomic E-state index is 0.0505. The van der Waals surface area contributed by atoms with E-state index in [-0.39, 0.29) is 25.0 Å². The molecule has 0 aliphatic carbocycles. The van der Waals surface area contributed by atoms with Crippen molar-refractivity contribution >= 4 is 23.2 Å². The van der Waals surface area contributed by atoms with Crippen LogP contribution in [0.15, 0.2) is 66.7 Å². The first kappa shape index (κ1) is 22.0. The molecule has 1 aliphatic heterocycles. The third-order valence-electron chi connectivity index (χ3n) is 5.13. The molecule has 0 atom stereocenters. The second-order valence-corrected chi connectivity index (χ2v) is 7.23. The Bertz CT molecular complexity index is 1150. The number of carbonyl (C=O) groups is 2. The van der Waals surface area contributed by atoms with Crippen LogP contribution >= 0.6 is 0 Å². The van der Waals surface area contributed by atoms with Crippen LogP contribution in [0, 0.1) is 0 Å². The van der Waals surface area contributed by atoms with Crippen LogP contribution in [0.4, 0.5) is 11.4 Å². The number of carbonyl (C=O) groups excluding carboxylic acids is 2. The van der Waals surface area contributed by atoms with Crippen molar-refractivity contribution in [1.82, 2.24) is 0 Å². The van der Waals surface area contributed by atoms with E-state index < -0.39 is 0 Å². The highest BCUT2D eigenvalue weighted by Gasteiger charge is 2.26. The quantitative estimate of drug-likeness (QED) is 0.565. The van der Waals surface area contributed by atoms with E-state index in [0.717, 1.165) is 5.75 Å². The third kappa shape index (κ3) is 5.17. The summed E-state index contributed by atoms with van der Waals surface area (Å²) in [6, 6.07) is 19.3. The van der Waals surface area contributed by atoms with E-state index in [4.69, 9.17) is 18.9 Å². The second-order valence-electron chi connectivity index (χ2n) is 7.23. The van der Waals surface area contributed by atoms with Gasteiger partial charge in [0.2, 0.25) is 0 Å². The van der Waals surface area contributed by atoms with Crippen LogP contribution in [-0.4, -0.2) is 45.8 Å². The van der Waals surface area contributed by atoms with Gasteiger partial charge in [-0.1, -0.05) is 6.07 Å². The van der Waals surface area contributed by atoms with Crippen LogP contribution < -0.4 is 29.2 Å².